The number of hydrogen-bond acceptors (Lipinski definition) is 3. The van der Waals surface area contributed by atoms with Gasteiger partial charge in [-0.2, -0.15) is 0 Å². The van der Waals surface area contributed by atoms with Gasteiger partial charge in [0.05, 0.1) is 18.8 Å². The largest absolute Gasteiger partial charge is 0.481 e. The molecule has 3 aromatic rings. The molecule has 4 nitrogen and oxygen atoms in total. The second-order valence-corrected chi connectivity index (χ2v) is 7.34. The maximum Gasteiger partial charge on any atom is 0.307 e. The number of carboxylic acid groups (broad SMARTS) is 1. The second-order valence-electron chi connectivity index (χ2n) is 7.34. The summed E-state index contributed by atoms with van der Waals surface area (Å²) in [6, 6.07) is 28.8. The van der Waals surface area contributed by atoms with Crippen LogP contribution >= 0.6 is 0 Å². The fourth-order valence-corrected chi connectivity index (χ4v) is 3.66. The van der Waals surface area contributed by atoms with Gasteiger partial charge in [0.1, 0.15) is 0 Å². The van der Waals surface area contributed by atoms with Crippen LogP contribution in [0.15, 0.2) is 91.1 Å². The van der Waals surface area contributed by atoms with E-state index >= 15 is 0 Å². The average molecular weight is 384 g/mol. The molecule has 0 radical (unpaired) electrons. The third kappa shape index (κ3) is 4.85. The number of hydrogen-bond donors (Lipinski definition) is 1. The Balaban J connectivity index is 1.52. The van der Waals surface area contributed by atoms with Crippen LogP contribution in [0.4, 0.5) is 0 Å². The number of carboxylic acids is 1. The van der Waals surface area contributed by atoms with Crippen molar-refractivity contribution in [1.29, 1.82) is 0 Å². The molecule has 3 aromatic carbocycles. The highest BCUT2D eigenvalue weighted by Crippen LogP contribution is 2.28. The van der Waals surface area contributed by atoms with Crippen molar-refractivity contribution in [2.45, 2.75) is 19.5 Å². The molecule has 1 aliphatic rings. The van der Waals surface area contributed by atoms with Gasteiger partial charge < -0.3 is 14.9 Å². The fraction of sp³-hybridized carbons (Fsp3) is 0.160. The minimum atomic E-state index is -0.802. The molecule has 0 aromatic heterocycles. The molecule has 0 bridgehead atoms. The molecule has 1 heterocycles. The number of rotatable bonds is 7. The van der Waals surface area contributed by atoms with Crippen LogP contribution in [0.5, 0.6) is 0 Å². The molecule has 4 rings (SSSR count). The summed E-state index contributed by atoms with van der Waals surface area (Å²) >= 11 is 0. The highest BCUT2D eigenvalue weighted by molar-refractivity contribution is 5.70. The summed E-state index contributed by atoms with van der Waals surface area (Å²) in [4.78, 5) is 15.6. The molecule has 0 atom stereocenters. The molecule has 0 saturated heterocycles. The predicted molar refractivity (Wildman–Crippen MR) is 115 cm³/mol. The van der Waals surface area contributed by atoms with Crippen LogP contribution < -0.4 is 0 Å². The molecule has 0 amide bonds. The Kier molecular flexibility index (Phi) is 5.61. The van der Waals surface area contributed by atoms with Crippen LogP contribution in [0.2, 0.25) is 0 Å². The number of aliphatic carboxylic acids is 1. The van der Waals surface area contributed by atoms with Gasteiger partial charge in [-0.05, 0) is 22.3 Å². The molecule has 1 N–H and O–H groups in total. The summed E-state index contributed by atoms with van der Waals surface area (Å²) in [6.45, 7) is 2.46. The van der Waals surface area contributed by atoms with Crippen LogP contribution in [-0.2, 0) is 24.3 Å². The van der Waals surface area contributed by atoms with E-state index in [4.69, 9.17) is 5.11 Å². The van der Waals surface area contributed by atoms with Gasteiger partial charge >= 0.3 is 5.97 Å². The molecular weight excluding hydrogens is 360 g/mol. The molecule has 4 heteroatoms. The van der Waals surface area contributed by atoms with E-state index in [-0.39, 0.29) is 6.42 Å². The van der Waals surface area contributed by atoms with Crippen molar-refractivity contribution in [2.75, 3.05) is 6.67 Å². The van der Waals surface area contributed by atoms with Gasteiger partial charge in [0.2, 0.25) is 0 Å². The Morgan fingerprint density at radius 2 is 1.34 bits per heavy atom. The standard InChI is InChI=1S/C25H24N2O2/c28-25(29)15-20-11-13-22(14-12-20)16-26-18-24(23-9-5-2-6-10-23)27(19-26)17-21-7-3-1-4-8-21/h1-14,18H,15-17,19H2,(H,28,29). The van der Waals surface area contributed by atoms with Gasteiger partial charge in [0, 0.05) is 19.3 Å². The van der Waals surface area contributed by atoms with Gasteiger partial charge in [-0.25, -0.2) is 0 Å². The SMILES string of the molecule is O=C(O)Cc1ccc(CN2C=C(c3ccccc3)N(Cc3ccccc3)C2)cc1. The lowest BCUT2D eigenvalue weighted by atomic mass is 10.1. The average Bonchev–Trinajstić information content (AvgIpc) is 3.12. The predicted octanol–water partition coefficient (Wildman–Crippen LogP) is 4.59. The smallest absolute Gasteiger partial charge is 0.307 e. The molecule has 0 unspecified atom stereocenters. The molecule has 29 heavy (non-hydrogen) atoms. The van der Waals surface area contributed by atoms with Gasteiger partial charge in [0.25, 0.3) is 0 Å². The lowest BCUT2D eigenvalue weighted by Gasteiger charge is -2.24. The summed E-state index contributed by atoms with van der Waals surface area (Å²) in [6.07, 6.45) is 2.29. The van der Waals surface area contributed by atoms with Crippen molar-refractivity contribution in [2.24, 2.45) is 0 Å². The first-order chi connectivity index (χ1) is 14.2. The van der Waals surface area contributed by atoms with E-state index in [1.54, 1.807) is 0 Å². The Morgan fingerprint density at radius 3 is 2.00 bits per heavy atom. The van der Waals surface area contributed by atoms with E-state index < -0.39 is 5.97 Å². The fourth-order valence-electron chi connectivity index (χ4n) is 3.66. The summed E-state index contributed by atoms with van der Waals surface area (Å²) in [7, 11) is 0. The zero-order valence-electron chi connectivity index (χ0n) is 16.2. The Morgan fingerprint density at radius 1 is 0.759 bits per heavy atom. The zero-order chi connectivity index (χ0) is 20.1. The Bertz CT molecular complexity index is 982. The summed E-state index contributed by atoms with van der Waals surface area (Å²) in [5.74, 6) is -0.802. The first-order valence-corrected chi connectivity index (χ1v) is 9.77. The Hall–Kier alpha value is -3.53. The van der Waals surface area contributed by atoms with Crippen molar-refractivity contribution in [3.8, 4) is 0 Å². The normalized spacial score (nSPS) is 13.4. The van der Waals surface area contributed by atoms with E-state index in [1.807, 2.05) is 36.4 Å². The molecule has 0 fully saturated rings. The Labute approximate surface area is 171 Å². The quantitative estimate of drug-likeness (QED) is 0.647. The van der Waals surface area contributed by atoms with E-state index in [0.29, 0.717) is 0 Å². The van der Waals surface area contributed by atoms with Crippen molar-refractivity contribution in [1.82, 2.24) is 9.80 Å². The van der Waals surface area contributed by atoms with Crippen LogP contribution in [0.25, 0.3) is 5.70 Å². The minimum Gasteiger partial charge on any atom is -0.481 e. The zero-order valence-corrected chi connectivity index (χ0v) is 16.2. The number of carbonyl (C=O) groups is 1. The van der Waals surface area contributed by atoms with Gasteiger partial charge in [-0.1, -0.05) is 84.9 Å². The number of benzene rings is 3. The van der Waals surface area contributed by atoms with Crippen molar-refractivity contribution >= 4 is 11.7 Å². The van der Waals surface area contributed by atoms with Crippen LogP contribution in [0, 0.1) is 0 Å². The topological polar surface area (TPSA) is 43.8 Å². The molecule has 0 aliphatic carbocycles. The van der Waals surface area contributed by atoms with E-state index in [1.165, 1.54) is 22.4 Å². The first-order valence-electron chi connectivity index (χ1n) is 9.77. The summed E-state index contributed by atoms with van der Waals surface area (Å²) in [5, 5.41) is 8.93. The summed E-state index contributed by atoms with van der Waals surface area (Å²) in [5.41, 5.74) is 5.71. The van der Waals surface area contributed by atoms with E-state index in [0.717, 1.165) is 25.3 Å². The van der Waals surface area contributed by atoms with Crippen LogP contribution in [-0.4, -0.2) is 27.5 Å². The van der Waals surface area contributed by atoms with E-state index in [2.05, 4.69) is 64.5 Å². The molecular formula is C25H24N2O2. The third-order valence-corrected chi connectivity index (χ3v) is 5.05. The minimum absolute atomic E-state index is 0.0624. The number of nitrogens with zero attached hydrogens (tertiary/aromatic N) is 2. The molecule has 146 valence electrons. The van der Waals surface area contributed by atoms with Gasteiger partial charge in [-0.3, -0.25) is 4.79 Å². The van der Waals surface area contributed by atoms with Crippen LogP contribution in [0.1, 0.15) is 22.3 Å². The van der Waals surface area contributed by atoms with Crippen molar-refractivity contribution < 1.29 is 9.90 Å². The molecule has 1 aliphatic heterocycles. The highest BCUT2D eigenvalue weighted by Gasteiger charge is 2.22. The van der Waals surface area contributed by atoms with Gasteiger partial charge in [0.15, 0.2) is 0 Å². The lowest BCUT2D eigenvalue weighted by molar-refractivity contribution is -0.136. The maximum absolute atomic E-state index is 10.9. The third-order valence-electron chi connectivity index (χ3n) is 5.05. The van der Waals surface area contributed by atoms with E-state index in [9.17, 15) is 4.79 Å². The lowest BCUT2D eigenvalue weighted by Crippen LogP contribution is -2.26. The molecule has 0 spiro atoms. The monoisotopic (exact) mass is 384 g/mol. The summed E-state index contributed by atoms with van der Waals surface area (Å²) < 4.78 is 0. The van der Waals surface area contributed by atoms with Crippen molar-refractivity contribution in [3.63, 3.8) is 0 Å². The van der Waals surface area contributed by atoms with Crippen LogP contribution in [0.3, 0.4) is 0 Å². The highest BCUT2D eigenvalue weighted by atomic mass is 16.4. The second kappa shape index (κ2) is 8.65. The molecule has 0 saturated carbocycles. The van der Waals surface area contributed by atoms with Gasteiger partial charge in [-0.15, -0.1) is 0 Å². The van der Waals surface area contributed by atoms with Crippen molar-refractivity contribution in [3.05, 3.63) is 113 Å². The first kappa shape index (κ1) is 18.8. The maximum atomic E-state index is 10.9.